The second-order valence-corrected chi connectivity index (χ2v) is 6.08. The first-order valence-corrected chi connectivity index (χ1v) is 7.10. The first kappa shape index (κ1) is 18.7. The SMILES string of the molecule is CCC(C)(C)C(=O)NCCOC(=O)C(F)(F)S(=O)(=O)O. The van der Waals surface area contributed by atoms with Crippen LogP contribution in [0.2, 0.25) is 0 Å². The minimum absolute atomic E-state index is 0.254. The topological polar surface area (TPSA) is 110 Å². The van der Waals surface area contributed by atoms with E-state index >= 15 is 0 Å². The van der Waals surface area contributed by atoms with Crippen molar-refractivity contribution in [1.82, 2.24) is 5.32 Å². The van der Waals surface area contributed by atoms with Gasteiger partial charge in [0.1, 0.15) is 6.61 Å². The van der Waals surface area contributed by atoms with Gasteiger partial charge in [-0.25, -0.2) is 4.79 Å². The highest BCUT2D eigenvalue weighted by Crippen LogP contribution is 2.22. The summed E-state index contributed by atoms with van der Waals surface area (Å²) in [4.78, 5) is 22.3. The first-order chi connectivity index (χ1) is 8.86. The molecule has 0 rings (SSSR count). The van der Waals surface area contributed by atoms with Crippen LogP contribution in [0.25, 0.3) is 0 Å². The maximum atomic E-state index is 12.8. The van der Waals surface area contributed by atoms with Gasteiger partial charge in [0.15, 0.2) is 0 Å². The highest BCUT2D eigenvalue weighted by molar-refractivity contribution is 7.87. The third kappa shape index (κ3) is 4.67. The minimum Gasteiger partial charge on any atom is -0.458 e. The molecular formula is C10H17F2NO6S. The molecule has 0 saturated heterocycles. The third-order valence-corrected chi connectivity index (χ3v) is 3.50. The van der Waals surface area contributed by atoms with Crippen molar-refractivity contribution in [3.63, 3.8) is 0 Å². The maximum absolute atomic E-state index is 12.8. The summed E-state index contributed by atoms with van der Waals surface area (Å²) in [5.41, 5.74) is -0.664. The second kappa shape index (κ2) is 6.44. The van der Waals surface area contributed by atoms with Crippen molar-refractivity contribution in [2.75, 3.05) is 13.2 Å². The number of ether oxygens (including phenoxy) is 1. The molecular weight excluding hydrogens is 300 g/mol. The Morgan fingerprint density at radius 2 is 1.80 bits per heavy atom. The van der Waals surface area contributed by atoms with E-state index in [2.05, 4.69) is 10.1 Å². The summed E-state index contributed by atoms with van der Waals surface area (Å²) in [6.45, 7) is 4.22. The lowest BCUT2D eigenvalue weighted by Gasteiger charge is -2.21. The third-order valence-electron chi connectivity index (χ3n) is 2.68. The Labute approximate surface area is 115 Å². The van der Waals surface area contributed by atoms with Gasteiger partial charge in [0.25, 0.3) is 0 Å². The molecule has 0 aliphatic carbocycles. The standard InChI is InChI=1S/C10H17F2NO6S/c1-4-9(2,3)7(14)13-5-6-19-8(15)10(11,12)20(16,17)18/h4-6H2,1-3H3,(H,13,14)(H,16,17,18). The Hall–Kier alpha value is -1.29. The summed E-state index contributed by atoms with van der Waals surface area (Å²) in [7, 11) is -5.88. The molecule has 0 bridgehead atoms. The molecule has 0 fully saturated rings. The van der Waals surface area contributed by atoms with Crippen LogP contribution in [0.3, 0.4) is 0 Å². The molecule has 0 aromatic rings. The van der Waals surface area contributed by atoms with Crippen LogP contribution in [0, 0.1) is 5.41 Å². The highest BCUT2D eigenvalue weighted by atomic mass is 32.2. The Morgan fingerprint density at radius 1 is 1.30 bits per heavy atom. The second-order valence-electron chi connectivity index (χ2n) is 4.62. The zero-order chi connectivity index (χ0) is 16.2. The maximum Gasteiger partial charge on any atom is 0.465 e. The van der Waals surface area contributed by atoms with E-state index in [4.69, 9.17) is 4.55 Å². The molecule has 0 aliphatic rings. The Bertz CT molecular complexity index is 474. The smallest absolute Gasteiger partial charge is 0.458 e. The number of esters is 1. The van der Waals surface area contributed by atoms with Gasteiger partial charge in [0.2, 0.25) is 5.91 Å². The number of alkyl halides is 2. The number of carbonyl (C=O) groups excluding carboxylic acids is 2. The van der Waals surface area contributed by atoms with E-state index in [1.54, 1.807) is 20.8 Å². The van der Waals surface area contributed by atoms with E-state index in [9.17, 15) is 26.8 Å². The molecule has 0 radical (unpaired) electrons. The van der Waals surface area contributed by atoms with E-state index in [1.807, 2.05) is 0 Å². The molecule has 20 heavy (non-hydrogen) atoms. The molecule has 0 heterocycles. The van der Waals surface area contributed by atoms with Crippen LogP contribution in [-0.4, -0.2) is 43.3 Å². The van der Waals surface area contributed by atoms with Crippen molar-refractivity contribution >= 4 is 22.0 Å². The summed E-state index contributed by atoms with van der Waals surface area (Å²) in [6, 6.07) is 0. The van der Waals surface area contributed by atoms with Gasteiger partial charge in [-0.2, -0.15) is 17.2 Å². The fourth-order valence-electron chi connectivity index (χ4n) is 0.897. The molecule has 0 atom stereocenters. The van der Waals surface area contributed by atoms with Gasteiger partial charge in [0.05, 0.1) is 6.54 Å². The molecule has 0 aliphatic heterocycles. The van der Waals surface area contributed by atoms with Gasteiger partial charge in [-0.15, -0.1) is 0 Å². The summed E-state index contributed by atoms with van der Waals surface area (Å²) < 4.78 is 58.1. The normalized spacial score (nSPS) is 12.9. The Morgan fingerprint density at radius 3 is 2.20 bits per heavy atom. The molecule has 2 N–H and O–H groups in total. The van der Waals surface area contributed by atoms with Gasteiger partial charge in [-0.3, -0.25) is 9.35 Å². The highest BCUT2D eigenvalue weighted by Gasteiger charge is 2.54. The number of hydrogen-bond acceptors (Lipinski definition) is 5. The molecule has 118 valence electrons. The van der Waals surface area contributed by atoms with Crippen LogP contribution in [-0.2, 0) is 24.4 Å². The van der Waals surface area contributed by atoms with Crippen LogP contribution >= 0.6 is 0 Å². The van der Waals surface area contributed by atoms with Gasteiger partial charge in [-0.05, 0) is 6.42 Å². The number of nitrogens with one attached hydrogen (secondary N) is 1. The van der Waals surface area contributed by atoms with Crippen LogP contribution in [0.1, 0.15) is 27.2 Å². The average molecular weight is 317 g/mol. The van der Waals surface area contributed by atoms with E-state index in [-0.39, 0.29) is 12.5 Å². The molecule has 0 spiro atoms. The van der Waals surface area contributed by atoms with Gasteiger partial charge < -0.3 is 10.1 Å². The monoisotopic (exact) mass is 317 g/mol. The summed E-state index contributed by atoms with van der Waals surface area (Å²) in [5.74, 6) is -2.76. The van der Waals surface area contributed by atoms with Crippen molar-refractivity contribution in [2.45, 2.75) is 32.4 Å². The van der Waals surface area contributed by atoms with Crippen LogP contribution in [0.4, 0.5) is 8.78 Å². The fraction of sp³-hybridized carbons (Fsp3) is 0.800. The zero-order valence-corrected chi connectivity index (χ0v) is 12.1. The van der Waals surface area contributed by atoms with E-state index in [0.29, 0.717) is 6.42 Å². The van der Waals surface area contributed by atoms with Gasteiger partial charge in [0, 0.05) is 5.41 Å². The fourth-order valence-corrected chi connectivity index (χ4v) is 1.17. The zero-order valence-electron chi connectivity index (χ0n) is 11.3. The number of rotatable bonds is 7. The van der Waals surface area contributed by atoms with Crippen LogP contribution in [0.5, 0.6) is 0 Å². The van der Waals surface area contributed by atoms with Crippen molar-refractivity contribution in [1.29, 1.82) is 0 Å². The number of carbonyl (C=O) groups is 2. The van der Waals surface area contributed by atoms with Crippen molar-refractivity contribution in [2.24, 2.45) is 5.41 Å². The number of halogens is 2. The van der Waals surface area contributed by atoms with Crippen molar-refractivity contribution < 1.29 is 36.1 Å². The quantitative estimate of drug-likeness (QED) is 0.403. The summed E-state index contributed by atoms with van der Waals surface area (Å²) >= 11 is 0. The van der Waals surface area contributed by atoms with Gasteiger partial charge in [-0.1, -0.05) is 20.8 Å². The molecule has 0 unspecified atom stereocenters. The molecule has 0 aromatic carbocycles. The lowest BCUT2D eigenvalue weighted by molar-refractivity contribution is -0.161. The lowest BCUT2D eigenvalue weighted by atomic mass is 9.89. The predicted molar refractivity (Wildman–Crippen MR) is 64.5 cm³/mol. The van der Waals surface area contributed by atoms with E-state index < -0.39 is 33.4 Å². The van der Waals surface area contributed by atoms with Crippen molar-refractivity contribution in [3.8, 4) is 0 Å². The van der Waals surface area contributed by atoms with E-state index in [1.165, 1.54) is 0 Å². The van der Waals surface area contributed by atoms with Crippen LogP contribution < -0.4 is 5.32 Å². The summed E-state index contributed by atoms with van der Waals surface area (Å²) in [5, 5.41) is -2.68. The molecule has 1 amide bonds. The molecule has 0 aromatic heterocycles. The minimum atomic E-state index is -5.88. The van der Waals surface area contributed by atoms with Crippen molar-refractivity contribution in [3.05, 3.63) is 0 Å². The molecule has 10 heteroatoms. The number of amides is 1. The predicted octanol–water partition coefficient (Wildman–Crippen LogP) is 0.563. The molecule has 7 nitrogen and oxygen atoms in total. The Balaban J connectivity index is 4.29. The molecule has 0 saturated carbocycles. The number of hydrogen-bond donors (Lipinski definition) is 2. The first-order valence-electron chi connectivity index (χ1n) is 5.66. The van der Waals surface area contributed by atoms with Gasteiger partial charge >= 0.3 is 21.3 Å². The Kier molecular flexibility index (Phi) is 6.02. The average Bonchev–Trinajstić information content (AvgIpc) is 2.32. The van der Waals surface area contributed by atoms with Crippen LogP contribution in [0.15, 0.2) is 0 Å². The summed E-state index contributed by atoms with van der Waals surface area (Å²) in [6.07, 6.45) is 0.541. The van der Waals surface area contributed by atoms with E-state index in [0.717, 1.165) is 0 Å². The lowest BCUT2D eigenvalue weighted by Crippen LogP contribution is -2.41. The largest absolute Gasteiger partial charge is 0.465 e.